The van der Waals surface area contributed by atoms with Gasteiger partial charge in [-0.2, -0.15) is 0 Å². The highest BCUT2D eigenvalue weighted by molar-refractivity contribution is 5.47. The largest absolute Gasteiger partial charge is 0.375 e. The number of hydrogen-bond acceptors (Lipinski definition) is 2. The normalized spacial score (nSPS) is 26.5. The first kappa shape index (κ1) is 13.9. The zero-order valence-corrected chi connectivity index (χ0v) is 13.0. The third-order valence-electron chi connectivity index (χ3n) is 5.12. The van der Waals surface area contributed by atoms with E-state index in [1.54, 1.807) is 0 Å². The molecule has 0 spiro atoms. The first-order valence-electron chi connectivity index (χ1n) is 8.36. The third kappa shape index (κ3) is 2.71. The number of piperidine rings is 1. The van der Waals surface area contributed by atoms with E-state index in [4.69, 9.17) is 0 Å². The summed E-state index contributed by atoms with van der Waals surface area (Å²) in [5.41, 5.74) is 2.88. The third-order valence-corrected chi connectivity index (χ3v) is 5.12. The number of nitrogens with zero attached hydrogens (tertiary/aromatic N) is 2. The molecule has 2 aliphatic heterocycles. The Labute approximate surface area is 123 Å². The van der Waals surface area contributed by atoms with Crippen LogP contribution in [0.4, 0.5) is 5.69 Å². The van der Waals surface area contributed by atoms with E-state index in [2.05, 4.69) is 48.0 Å². The van der Waals surface area contributed by atoms with Crippen LogP contribution in [0.5, 0.6) is 0 Å². The van der Waals surface area contributed by atoms with E-state index < -0.39 is 0 Å². The minimum Gasteiger partial charge on any atom is -0.375 e. The van der Waals surface area contributed by atoms with Crippen LogP contribution in [0.2, 0.25) is 0 Å². The van der Waals surface area contributed by atoms with Crippen LogP contribution in [-0.2, 0) is 0 Å². The number of benzene rings is 1. The molecule has 2 atom stereocenters. The molecule has 0 aliphatic carbocycles. The fourth-order valence-electron chi connectivity index (χ4n) is 4.03. The van der Waals surface area contributed by atoms with Gasteiger partial charge >= 0.3 is 0 Å². The topological polar surface area (TPSA) is 6.48 Å². The smallest absolute Gasteiger partial charge is 0.0363 e. The van der Waals surface area contributed by atoms with Gasteiger partial charge < -0.3 is 4.90 Å². The molecule has 3 rings (SSSR count). The van der Waals surface area contributed by atoms with E-state index in [1.165, 1.54) is 56.3 Å². The highest BCUT2D eigenvalue weighted by Gasteiger charge is 2.35. The summed E-state index contributed by atoms with van der Waals surface area (Å²) in [6.07, 6.45) is 8.22. The lowest BCUT2D eigenvalue weighted by Crippen LogP contribution is -2.35. The molecule has 0 amide bonds. The molecule has 1 aromatic rings. The molecule has 2 heteroatoms. The molecule has 0 bridgehead atoms. The zero-order valence-electron chi connectivity index (χ0n) is 13.0. The second-order valence-electron chi connectivity index (χ2n) is 6.49. The van der Waals surface area contributed by atoms with Crippen molar-refractivity contribution in [3.05, 3.63) is 29.8 Å². The molecule has 2 nitrogen and oxygen atoms in total. The van der Waals surface area contributed by atoms with Crippen LogP contribution in [0.3, 0.4) is 0 Å². The van der Waals surface area contributed by atoms with Gasteiger partial charge in [0.1, 0.15) is 0 Å². The second kappa shape index (κ2) is 6.17. The summed E-state index contributed by atoms with van der Waals surface area (Å²) in [6.45, 7) is 4.68. The Bertz CT molecular complexity index is 426. The SMILES string of the molecule is CCCN(C)c1ccc(C2CCC3CCCCN32)cc1. The van der Waals surface area contributed by atoms with Gasteiger partial charge in [0.15, 0.2) is 0 Å². The summed E-state index contributed by atoms with van der Waals surface area (Å²) in [6, 6.07) is 10.9. The molecule has 1 aromatic carbocycles. The fraction of sp³-hybridized carbons (Fsp3) is 0.667. The maximum atomic E-state index is 2.77. The molecular formula is C18H28N2. The summed E-state index contributed by atoms with van der Waals surface area (Å²) in [4.78, 5) is 5.12. The zero-order chi connectivity index (χ0) is 13.9. The highest BCUT2D eigenvalue weighted by Crippen LogP contribution is 2.40. The molecule has 20 heavy (non-hydrogen) atoms. The Balaban J connectivity index is 1.71. The monoisotopic (exact) mass is 272 g/mol. The molecule has 2 fully saturated rings. The quantitative estimate of drug-likeness (QED) is 0.809. The summed E-state index contributed by atoms with van der Waals surface area (Å²) in [5.74, 6) is 0. The van der Waals surface area contributed by atoms with Crippen molar-refractivity contribution in [2.24, 2.45) is 0 Å². The van der Waals surface area contributed by atoms with Gasteiger partial charge in [-0.1, -0.05) is 25.5 Å². The van der Waals surface area contributed by atoms with E-state index in [9.17, 15) is 0 Å². The Morgan fingerprint density at radius 1 is 1.10 bits per heavy atom. The minimum atomic E-state index is 0.686. The molecule has 110 valence electrons. The van der Waals surface area contributed by atoms with Gasteiger partial charge in [0, 0.05) is 31.4 Å². The first-order chi connectivity index (χ1) is 9.79. The van der Waals surface area contributed by atoms with Crippen LogP contribution in [0.25, 0.3) is 0 Å². The standard InChI is InChI=1S/C18H28N2/c1-3-13-19(2)16-9-7-15(8-10-16)18-12-11-17-6-4-5-14-20(17)18/h7-10,17-18H,3-6,11-14H2,1-2H3. The maximum absolute atomic E-state index is 2.77. The van der Waals surface area contributed by atoms with Crippen LogP contribution in [0, 0.1) is 0 Å². The Hall–Kier alpha value is -1.02. The Kier molecular flexibility index (Phi) is 4.30. The van der Waals surface area contributed by atoms with Gasteiger partial charge in [0.2, 0.25) is 0 Å². The number of hydrogen-bond donors (Lipinski definition) is 0. The molecule has 2 saturated heterocycles. The predicted octanol–water partition coefficient (Wildman–Crippen LogP) is 4.22. The Morgan fingerprint density at radius 3 is 2.65 bits per heavy atom. The lowest BCUT2D eigenvalue weighted by atomic mass is 10.0. The van der Waals surface area contributed by atoms with E-state index in [0.29, 0.717) is 6.04 Å². The average Bonchev–Trinajstić information content (AvgIpc) is 2.92. The lowest BCUT2D eigenvalue weighted by Gasteiger charge is -2.34. The predicted molar refractivity (Wildman–Crippen MR) is 86.3 cm³/mol. The van der Waals surface area contributed by atoms with E-state index in [0.717, 1.165) is 12.6 Å². The summed E-state index contributed by atoms with van der Waals surface area (Å²) >= 11 is 0. The van der Waals surface area contributed by atoms with Gasteiger partial charge in [-0.05, 0) is 56.3 Å². The first-order valence-corrected chi connectivity index (χ1v) is 8.36. The van der Waals surface area contributed by atoms with Crippen LogP contribution in [0.1, 0.15) is 57.1 Å². The molecule has 0 radical (unpaired) electrons. The molecule has 2 heterocycles. The molecule has 2 aliphatic rings. The van der Waals surface area contributed by atoms with Crippen molar-refractivity contribution < 1.29 is 0 Å². The van der Waals surface area contributed by atoms with E-state index in [1.807, 2.05) is 0 Å². The van der Waals surface area contributed by atoms with Crippen LogP contribution >= 0.6 is 0 Å². The maximum Gasteiger partial charge on any atom is 0.0363 e. The molecule has 2 unspecified atom stereocenters. The summed E-state index contributed by atoms with van der Waals surface area (Å²) in [7, 11) is 2.19. The van der Waals surface area contributed by atoms with Gasteiger partial charge in [-0.25, -0.2) is 0 Å². The van der Waals surface area contributed by atoms with Crippen LogP contribution in [0.15, 0.2) is 24.3 Å². The molecule has 0 aromatic heterocycles. The van der Waals surface area contributed by atoms with Crippen molar-refractivity contribution in [3.8, 4) is 0 Å². The van der Waals surface area contributed by atoms with Crippen molar-refractivity contribution in [3.63, 3.8) is 0 Å². The van der Waals surface area contributed by atoms with Crippen molar-refractivity contribution >= 4 is 5.69 Å². The molecular weight excluding hydrogens is 244 g/mol. The van der Waals surface area contributed by atoms with Gasteiger partial charge in [0.05, 0.1) is 0 Å². The van der Waals surface area contributed by atoms with Crippen molar-refractivity contribution in [2.45, 2.75) is 57.5 Å². The minimum absolute atomic E-state index is 0.686. The van der Waals surface area contributed by atoms with Crippen molar-refractivity contribution in [2.75, 3.05) is 25.0 Å². The fourth-order valence-corrected chi connectivity index (χ4v) is 4.03. The van der Waals surface area contributed by atoms with Crippen LogP contribution in [-0.4, -0.2) is 31.1 Å². The van der Waals surface area contributed by atoms with Gasteiger partial charge in [0.25, 0.3) is 0 Å². The number of fused-ring (bicyclic) bond motifs is 1. The summed E-state index contributed by atoms with van der Waals surface area (Å²) < 4.78 is 0. The second-order valence-corrected chi connectivity index (χ2v) is 6.49. The van der Waals surface area contributed by atoms with Crippen molar-refractivity contribution in [1.82, 2.24) is 4.90 Å². The van der Waals surface area contributed by atoms with Gasteiger partial charge in [-0.3, -0.25) is 4.90 Å². The van der Waals surface area contributed by atoms with E-state index >= 15 is 0 Å². The van der Waals surface area contributed by atoms with Gasteiger partial charge in [-0.15, -0.1) is 0 Å². The number of rotatable bonds is 4. The average molecular weight is 272 g/mol. The van der Waals surface area contributed by atoms with E-state index in [-0.39, 0.29) is 0 Å². The molecule has 0 N–H and O–H groups in total. The lowest BCUT2D eigenvalue weighted by molar-refractivity contribution is 0.150. The highest BCUT2D eigenvalue weighted by atomic mass is 15.2. The number of anilines is 1. The van der Waals surface area contributed by atoms with Crippen molar-refractivity contribution in [1.29, 1.82) is 0 Å². The van der Waals surface area contributed by atoms with Crippen LogP contribution < -0.4 is 4.90 Å². The summed E-state index contributed by atoms with van der Waals surface area (Å²) in [5, 5.41) is 0. The molecule has 0 saturated carbocycles. The Morgan fingerprint density at radius 2 is 1.90 bits per heavy atom.